The molecule has 1 aliphatic carbocycles. The molecule has 12 heavy (non-hydrogen) atoms. The van der Waals surface area contributed by atoms with Gasteiger partial charge in [0.05, 0.1) is 10.5 Å². The van der Waals surface area contributed by atoms with E-state index in [4.69, 9.17) is 5.73 Å². The second kappa shape index (κ2) is 2.24. The van der Waals surface area contributed by atoms with E-state index in [1.165, 1.54) is 6.20 Å². The Balaban J connectivity index is 2.30. The van der Waals surface area contributed by atoms with Crippen molar-refractivity contribution in [2.75, 3.05) is 0 Å². The summed E-state index contributed by atoms with van der Waals surface area (Å²) in [6, 6.07) is 0. The highest BCUT2D eigenvalue weighted by Crippen LogP contribution is 2.45. The van der Waals surface area contributed by atoms with Crippen LogP contribution in [0.15, 0.2) is 6.20 Å². The van der Waals surface area contributed by atoms with E-state index in [1.807, 2.05) is 0 Å². The van der Waals surface area contributed by atoms with E-state index in [-0.39, 0.29) is 10.5 Å². The molecule has 0 aliphatic heterocycles. The van der Waals surface area contributed by atoms with Crippen LogP contribution in [0.25, 0.3) is 0 Å². The third kappa shape index (κ3) is 1.09. The Morgan fingerprint density at radius 1 is 1.75 bits per heavy atom. The van der Waals surface area contributed by atoms with Gasteiger partial charge in [-0.1, -0.05) is 0 Å². The lowest BCUT2D eigenvalue weighted by atomic mass is 10.3. The highest BCUT2D eigenvalue weighted by atomic mass is 32.1. The second-order valence-electron chi connectivity index (χ2n) is 2.92. The summed E-state index contributed by atoms with van der Waals surface area (Å²) in [5.74, 6) is 0. The minimum absolute atomic E-state index is 0.0710. The summed E-state index contributed by atoms with van der Waals surface area (Å²) in [5, 5.41) is 11.1. The first-order valence-corrected chi connectivity index (χ1v) is 4.33. The summed E-state index contributed by atoms with van der Waals surface area (Å²) in [6.45, 7) is 0. The maximum Gasteiger partial charge on any atom is 0.344 e. The summed E-state index contributed by atoms with van der Waals surface area (Å²) in [6.07, 6.45) is 3.04. The van der Waals surface area contributed by atoms with E-state index >= 15 is 0 Å². The van der Waals surface area contributed by atoms with Gasteiger partial charge in [0, 0.05) is 0 Å². The lowest BCUT2D eigenvalue weighted by molar-refractivity contribution is -0.380. The van der Waals surface area contributed by atoms with Crippen LogP contribution in [0, 0.1) is 10.1 Å². The van der Waals surface area contributed by atoms with Crippen molar-refractivity contribution in [1.29, 1.82) is 0 Å². The van der Waals surface area contributed by atoms with E-state index in [0.717, 1.165) is 24.2 Å². The SMILES string of the molecule is NC1(c2ncc([N+](=O)[O-])s2)CC1. The second-order valence-corrected chi connectivity index (χ2v) is 3.93. The Kier molecular flexibility index (Phi) is 1.42. The molecule has 6 heteroatoms. The normalized spacial score (nSPS) is 19.1. The fraction of sp³-hybridized carbons (Fsp3) is 0.500. The Labute approximate surface area is 72.4 Å². The van der Waals surface area contributed by atoms with Crippen molar-refractivity contribution < 1.29 is 4.92 Å². The predicted molar refractivity (Wildman–Crippen MR) is 43.9 cm³/mol. The molecule has 0 aromatic carbocycles. The smallest absolute Gasteiger partial charge is 0.319 e. The zero-order chi connectivity index (χ0) is 8.77. The van der Waals surface area contributed by atoms with Gasteiger partial charge < -0.3 is 5.73 Å². The van der Waals surface area contributed by atoms with Gasteiger partial charge in [0.25, 0.3) is 0 Å². The number of hydrogen-bond donors (Lipinski definition) is 1. The van der Waals surface area contributed by atoms with Gasteiger partial charge in [-0.25, -0.2) is 4.98 Å². The average molecular weight is 185 g/mol. The largest absolute Gasteiger partial charge is 0.344 e. The van der Waals surface area contributed by atoms with E-state index in [0.29, 0.717) is 5.01 Å². The molecule has 1 aromatic rings. The molecule has 0 saturated heterocycles. The van der Waals surface area contributed by atoms with E-state index in [9.17, 15) is 10.1 Å². The highest BCUT2D eigenvalue weighted by molar-refractivity contribution is 7.15. The fourth-order valence-corrected chi connectivity index (χ4v) is 1.82. The van der Waals surface area contributed by atoms with Gasteiger partial charge in [-0.05, 0) is 24.2 Å². The molecule has 1 saturated carbocycles. The molecular formula is C6H7N3O2S. The molecule has 1 fully saturated rings. The molecular weight excluding hydrogens is 178 g/mol. The van der Waals surface area contributed by atoms with Gasteiger partial charge in [-0.3, -0.25) is 10.1 Å². The number of nitro groups is 1. The molecule has 0 radical (unpaired) electrons. The molecule has 64 valence electrons. The molecule has 1 aliphatic rings. The third-order valence-electron chi connectivity index (χ3n) is 1.89. The molecule has 0 unspecified atom stereocenters. The number of rotatable bonds is 2. The van der Waals surface area contributed by atoms with Crippen LogP contribution in [0.5, 0.6) is 0 Å². The van der Waals surface area contributed by atoms with Crippen molar-refractivity contribution in [2.24, 2.45) is 5.73 Å². The molecule has 0 spiro atoms. The van der Waals surface area contributed by atoms with E-state index < -0.39 is 4.92 Å². The summed E-state index contributed by atoms with van der Waals surface area (Å²) in [5.41, 5.74) is 5.46. The van der Waals surface area contributed by atoms with Crippen LogP contribution < -0.4 is 5.73 Å². The number of nitrogens with zero attached hydrogens (tertiary/aromatic N) is 2. The van der Waals surface area contributed by atoms with Gasteiger partial charge in [0.15, 0.2) is 0 Å². The van der Waals surface area contributed by atoms with Crippen LogP contribution in [0.1, 0.15) is 17.8 Å². The van der Waals surface area contributed by atoms with Gasteiger partial charge in [0.1, 0.15) is 11.2 Å². The topological polar surface area (TPSA) is 82.0 Å². The first-order chi connectivity index (χ1) is 5.62. The summed E-state index contributed by atoms with van der Waals surface area (Å²) in [7, 11) is 0. The molecule has 5 nitrogen and oxygen atoms in total. The van der Waals surface area contributed by atoms with E-state index in [2.05, 4.69) is 4.98 Å². The fourth-order valence-electron chi connectivity index (χ4n) is 0.929. The standard InChI is InChI=1S/C6H7N3O2S/c7-6(1-2-6)5-8-3-4(12-5)9(10)11/h3H,1-2,7H2. The zero-order valence-electron chi connectivity index (χ0n) is 6.19. The van der Waals surface area contributed by atoms with Gasteiger partial charge in [-0.2, -0.15) is 0 Å². The Morgan fingerprint density at radius 3 is 2.83 bits per heavy atom. The molecule has 1 heterocycles. The summed E-state index contributed by atoms with van der Waals surface area (Å²) < 4.78 is 0. The molecule has 0 atom stereocenters. The molecule has 1 aromatic heterocycles. The number of nitrogens with two attached hydrogens (primary N) is 1. The molecule has 0 amide bonds. The lowest BCUT2D eigenvalue weighted by Crippen LogP contribution is -2.17. The van der Waals surface area contributed by atoms with Crippen LogP contribution in [0.2, 0.25) is 0 Å². The van der Waals surface area contributed by atoms with Crippen molar-refractivity contribution in [3.05, 3.63) is 21.3 Å². The van der Waals surface area contributed by atoms with Crippen LogP contribution in [0.3, 0.4) is 0 Å². The number of aromatic nitrogens is 1. The first-order valence-electron chi connectivity index (χ1n) is 3.51. The monoisotopic (exact) mass is 185 g/mol. The quantitative estimate of drug-likeness (QED) is 0.550. The van der Waals surface area contributed by atoms with Crippen molar-refractivity contribution in [2.45, 2.75) is 18.4 Å². The Hall–Kier alpha value is -1.01. The Morgan fingerprint density at radius 2 is 2.42 bits per heavy atom. The number of thiazole rings is 1. The van der Waals surface area contributed by atoms with Gasteiger partial charge >= 0.3 is 5.00 Å². The average Bonchev–Trinajstić information content (AvgIpc) is 2.61. The van der Waals surface area contributed by atoms with Gasteiger partial charge in [0.2, 0.25) is 0 Å². The summed E-state index contributed by atoms with van der Waals surface area (Å²) >= 11 is 1.08. The molecule has 2 rings (SSSR count). The summed E-state index contributed by atoms with van der Waals surface area (Å²) in [4.78, 5) is 13.8. The lowest BCUT2D eigenvalue weighted by Gasteiger charge is -1.99. The van der Waals surface area contributed by atoms with Crippen molar-refractivity contribution >= 4 is 16.3 Å². The maximum absolute atomic E-state index is 10.3. The van der Waals surface area contributed by atoms with Crippen LogP contribution in [0.4, 0.5) is 5.00 Å². The van der Waals surface area contributed by atoms with Crippen molar-refractivity contribution in [1.82, 2.24) is 4.98 Å². The predicted octanol–water partition coefficient (Wildman–Crippen LogP) is 0.999. The van der Waals surface area contributed by atoms with Crippen molar-refractivity contribution in [3.8, 4) is 0 Å². The molecule has 2 N–H and O–H groups in total. The van der Waals surface area contributed by atoms with Crippen molar-refractivity contribution in [3.63, 3.8) is 0 Å². The van der Waals surface area contributed by atoms with Crippen LogP contribution >= 0.6 is 11.3 Å². The minimum Gasteiger partial charge on any atom is -0.319 e. The van der Waals surface area contributed by atoms with Crippen LogP contribution in [-0.2, 0) is 5.54 Å². The third-order valence-corrected chi connectivity index (χ3v) is 3.06. The van der Waals surface area contributed by atoms with Gasteiger partial charge in [-0.15, -0.1) is 0 Å². The van der Waals surface area contributed by atoms with Crippen LogP contribution in [-0.4, -0.2) is 9.91 Å². The Bertz CT molecular complexity index is 331. The maximum atomic E-state index is 10.3. The minimum atomic E-state index is -0.438. The number of hydrogen-bond acceptors (Lipinski definition) is 5. The van der Waals surface area contributed by atoms with E-state index in [1.54, 1.807) is 0 Å². The zero-order valence-corrected chi connectivity index (χ0v) is 7.00. The highest BCUT2D eigenvalue weighted by Gasteiger charge is 2.43. The first kappa shape index (κ1) is 7.63. The molecule has 0 bridgehead atoms.